The Bertz CT molecular complexity index is 2380. The van der Waals surface area contributed by atoms with Crippen LogP contribution < -0.4 is 9.47 Å². The van der Waals surface area contributed by atoms with E-state index in [1.807, 2.05) is 49.3 Å². The molecule has 1 aromatic heterocycles. The van der Waals surface area contributed by atoms with Gasteiger partial charge in [-0.3, -0.25) is 9.45 Å². The SMILES string of the molecule is CCCCC[N+]1=C(/C=C/C2=C(N(C)C(=O)OC(c3cc[n+](C)cc3)C(C)(C)C)C(=C/C=C3/N(CCCCS(=O)(=O)O)c4ccccc4C3(C)C)/CC2)C(C)(C)c2ccccc21. The second-order valence-corrected chi connectivity index (χ2v) is 20.7. The predicted octanol–water partition coefficient (Wildman–Crippen LogP) is 10.8. The molecule has 1 aliphatic carbocycles. The van der Waals surface area contributed by atoms with Crippen molar-refractivity contribution in [2.24, 2.45) is 12.5 Å². The minimum atomic E-state index is -4.04. The van der Waals surface area contributed by atoms with Gasteiger partial charge in [-0.15, -0.1) is 0 Å². The number of fused-ring (bicyclic) bond motifs is 2. The van der Waals surface area contributed by atoms with E-state index >= 15 is 0 Å². The number of amides is 1. The first kappa shape index (κ1) is 45.7. The van der Waals surface area contributed by atoms with Gasteiger partial charge < -0.3 is 9.64 Å². The number of hydrogen-bond donors (Lipinski definition) is 1. The van der Waals surface area contributed by atoms with Crippen molar-refractivity contribution in [1.82, 2.24) is 4.90 Å². The highest BCUT2D eigenvalue weighted by molar-refractivity contribution is 7.85. The van der Waals surface area contributed by atoms with Crippen molar-refractivity contribution in [2.45, 2.75) is 117 Å². The summed E-state index contributed by atoms with van der Waals surface area (Å²) in [6.07, 6.45) is 17.8. The highest BCUT2D eigenvalue weighted by Crippen LogP contribution is 2.48. The van der Waals surface area contributed by atoms with Crippen LogP contribution in [-0.2, 0) is 32.7 Å². The van der Waals surface area contributed by atoms with Gasteiger partial charge in [0, 0.05) is 77.6 Å². The Morgan fingerprint density at radius 3 is 2.25 bits per heavy atom. The van der Waals surface area contributed by atoms with Crippen LogP contribution in [0.5, 0.6) is 0 Å². The van der Waals surface area contributed by atoms with E-state index < -0.39 is 22.3 Å². The summed E-state index contributed by atoms with van der Waals surface area (Å²) in [5.74, 6) is -0.264. The predicted molar refractivity (Wildman–Crippen MR) is 247 cm³/mol. The normalized spacial score (nSPS) is 19.0. The Morgan fingerprint density at radius 2 is 1.57 bits per heavy atom. The van der Waals surface area contributed by atoms with Crippen LogP contribution in [0.3, 0.4) is 0 Å². The lowest BCUT2D eigenvalue weighted by molar-refractivity contribution is -0.671. The van der Waals surface area contributed by atoms with Gasteiger partial charge in [-0.1, -0.05) is 96.5 Å². The van der Waals surface area contributed by atoms with Crippen LogP contribution in [0.1, 0.15) is 123 Å². The Kier molecular flexibility index (Phi) is 13.7. The lowest BCUT2D eigenvalue weighted by Gasteiger charge is -2.32. The van der Waals surface area contributed by atoms with Gasteiger partial charge in [0.25, 0.3) is 10.1 Å². The summed E-state index contributed by atoms with van der Waals surface area (Å²) in [5, 5.41) is 0. The molecule has 2 aliphatic heterocycles. The molecule has 1 atom stereocenters. The second-order valence-electron chi connectivity index (χ2n) is 19.1. The molecule has 0 saturated heterocycles. The average Bonchev–Trinajstić information content (AvgIpc) is 3.77. The minimum absolute atomic E-state index is 0.202. The fourth-order valence-corrected chi connectivity index (χ4v) is 9.94. The third-order valence-corrected chi connectivity index (χ3v) is 13.5. The van der Waals surface area contributed by atoms with E-state index in [-0.39, 0.29) is 22.0 Å². The number of para-hydroxylation sites is 2. The van der Waals surface area contributed by atoms with Crippen molar-refractivity contribution >= 4 is 33.3 Å². The molecule has 326 valence electrons. The number of anilines is 1. The van der Waals surface area contributed by atoms with Crippen LogP contribution >= 0.6 is 0 Å². The van der Waals surface area contributed by atoms with Crippen LogP contribution in [0.15, 0.2) is 120 Å². The van der Waals surface area contributed by atoms with Crippen molar-refractivity contribution < 1.29 is 31.6 Å². The molecular weight excluding hydrogens is 781 g/mol. The van der Waals surface area contributed by atoms with Crippen molar-refractivity contribution in [3.8, 4) is 0 Å². The zero-order valence-corrected chi connectivity index (χ0v) is 39.0. The molecule has 9 nitrogen and oxygen atoms in total. The first-order chi connectivity index (χ1) is 28.8. The standard InChI is InChI=1S/C51H67N4O5S/c1-11-12-17-32-54-42-22-15-13-20-40(42)50(5,6)44(54)28-26-37-24-25-38(46(37)53(10)48(56)60-47(49(2,3)4)39-30-34-52(9)35-31-39)27-29-45-51(7,8)41-21-14-16-23-43(41)55(45)33-18-19-36-61(57,58)59/h13-16,20-23,26-31,34-35,47H,11-12,17-19,24-25,32-33,36H2,1-10H3/q+1/p+1. The molecule has 0 bridgehead atoms. The first-order valence-corrected chi connectivity index (χ1v) is 23.7. The number of unbranched alkanes of at least 4 members (excludes halogenated alkanes) is 3. The zero-order chi connectivity index (χ0) is 44.3. The van der Waals surface area contributed by atoms with E-state index in [9.17, 15) is 17.8 Å². The molecule has 10 heteroatoms. The number of hydrogen-bond acceptors (Lipinski definition) is 5. The fraction of sp³-hybridized carbons (Fsp3) is 0.471. The maximum absolute atomic E-state index is 14.5. The molecular formula is C51H68N4O5S+2. The number of aryl methyl sites for hydroxylation is 1. The van der Waals surface area contributed by atoms with Gasteiger partial charge in [0.05, 0.1) is 16.9 Å². The number of rotatable bonds is 15. The van der Waals surface area contributed by atoms with Crippen LogP contribution in [-0.4, -0.2) is 60.1 Å². The Morgan fingerprint density at radius 1 is 0.902 bits per heavy atom. The number of likely N-dealkylation sites (N-methyl/N-ethyl adjacent to an activating group) is 1. The topological polar surface area (TPSA) is 94.0 Å². The highest BCUT2D eigenvalue weighted by Gasteiger charge is 2.44. The average molecular weight is 849 g/mol. The summed E-state index contributed by atoms with van der Waals surface area (Å²) in [5.41, 5.74) is 10.2. The Labute approximate surface area is 365 Å². The Balaban J connectivity index is 1.43. The van der Waals surface area contributed by atoms with E-state index in [0.29, 0.717) is 19.4 Å². The molecule has 6 rings (SSSR count). The monoisotopic (exact) mass is 848 g/mol. The number of pyridine rings is 1. The van der Waals surface area contributed by atoms with E-state index in [1.54, 1.807) is 4.90 Å². The van der Waals surface area contributed by atoms with Gasteiger partial charge in [0.2, 0.25) is 5.69 Å². The van der Waals surface area contributed by atoms with E-state index in [4.69, 9.17) is 4.74 Å². The van der Waals surface area contributed by atoms with Crippen molar-refractivity contribution in [2.75, 3.05) is 30.8 Å². The molecule has 3 aromatic rings. The maximum Gasteiger partial charge on any atom is 0.414 e. The first-order valence-electron chi connectivity index (χ1n) is 22.0. The van der Waals surface area contributed by atoms with E-state index in [0.717, 1.165) is 66.0 Å². The van der Waals surface area contributed by atoms with Crippen molar-refractivity contribution in [3.63, 3.8) is 0 Å². The summed E-state index contributed by atoms with van der Waals surface area (Å²) < 4.78 is 43.4. The zero-order valence-electron chi connectivity index (χ0n) is 38.2. The van der Waals surface area contributed by atoms with Crippen molar-refractivity contribution in [3.05, 3.63) is 137 Å². The van der Waals surface area contributed by atoms with Gasteiger partial charge in [0.15, 0.2) is 18.1 Å². The van der Waals surface area contributed by atoms with E-state index in [1.165, 1.54) is 28.9 Å². The number of allylic oxidation sites excluding steroid dienone is 7. The molecule has 2 aromatic carbocycles. The van der Waals surface area contributed by atoms with Crippen LogP contribution in [0.4, 0.5) is 16.2 Å². The summed E-state index contributed by atoms with van der Waals surface area (Å²) >= 11 is 0. The smallest absolute Gasteiger partial charge is 0.414 e. The summed E-state index contributed by atoms with van der Waals surface area (Å²) in [6, 6.07) is 21.2. The molecule has 0 saturated carbocycles. The van der Waals surface area contributed by atoms with Gasteiger partial charge in [-0.2, -0.15) is 13.0 Å². The quantitative estimate of drug-likeness (QED) is 0.0930. The number of nitrogens with zero attached hydrogens (tertiary/aromatic N) is 4. The molecule has 3 aliphatic rings. The van der Waals surface area contributed by atoms with E-state index in [2.05, 4.69) is 132 Å². The highest BCUT2D eigenvalue weighted by atomic mass is 32.2. The number of carbonyl (C=O) groups excluding carboxylic acids is 1. The number of ether oxygens (including phenoxy) is 1. The molecule has 0 fully saturated rings. The van der Waals surface area contributed by atoms with Gasteiger partial charge in [-0.25, -0.2) is 9.36 Å². The maximum atomic E-state index is 14.5. The summed E-state index contributed by atoms with van der Waals surface area (Å²) in [7, 11) is -0.231. The largest absolute Gasteiger partial charge is 0.440 e. The summed E-state index contributed by atoms with van der Waals surface area (Å²) in [6.45, 7) is 19.1. The third-order valence-electron chi connectivity index (χ3n) is 12.7. The molecule has 1 amide bonds. The van der Waals surface area contributed by atoms with Crippen molar-refractivity contribution in [1.29, 1.82) is 0 Å². The number of carbonyl (C=O) groups is 1. The molecule has 1 unspecified atom stereocenters. The fourth-order valence-electron chi connectivity index (χ4n) is 9.37. The van der Waals surface area contributed by atoms with Gasteiger partial charge in [-0.05, 0) is 74.8 Å². The lowest BCUT2D eigenvalue weighted by Crippen LogP contribution is -2.33. The number of aromatic nitrogens is 1. The Hall–Kier alpha value is -4.80. The molecule has 0 spiro atoms. The number of benzene rings is 2. The van der Waals surface area contributed by atoms with Crippen LogP contribution in [0, 0.1) is 5.41 Å². The van der Waals surface area contributed by atoms with Crippen LogP contribution in [0.2, 0.25) is 0 Å². The second kappa shape index (κ2) is 18.3. The molecule has 0 radical (unpaired) electrons. The minimum Gasteiger partial charge on any atom is -0.440 e. The lowest BCUT2D eigenvalue weighted by atomic mass is 9.81. The van der Waals surface area contributed by atoms with Gasteiger partial charge in [0.1, 0.15) is 19.7 Å². The molecule has 61 heavy (non-hydrogen) atoms. The van der Waals surface area contributed by atoms with Crippen LogP contribution in [0.25, 0.3) is 0 Å². The molecule has 3 heterocycles. The molecule has 1 N–H and O–H groups in total. The third kappa shape index (κ3) is 9.97. The van der Waals surface area contributed by atoms with Gasteiger partial charge >= 0.3 is 6.09 Å². The summed E-state index contributed by atoms with van der Waals surface area (Å²) in [4.78, 5) is 18.5.